The number of rotatable bonds is 4. The van der Waals surface area contributed by atoms with E-state index in [9.17, 15) is 13.2 Å². The molecule has 0 bridgehead atoms. The van der Waals surface area contributed by atoms with Crippen LogP contribution in [0, 0.1) is 2.88 Å². The van der Waals surface area contributed by atoms with Gasteiger partial charge in [0.05, 0.1) is 8.93 Å². The first-order chi connectivity index (χ1) is 9.39. The summed E-state index contributed by atoms with van der Waals surface area (Å²) in [6, 6.07) is 7.86. The van der Waals surface area contributed by atoms with Gasteiger partial charge in [0.25, 0.3) is 0 Å². The van der Waals surface area contributed by atoms with E-state index in [1.165, 1.54) is 12.1 Å². The molecule has 0 aliphatic heterocycles. The minimum Gasteiger partial charge on any atom is -0.406 e. The Balaban J connectivity index is 2.29. The minimum absolute atomic E-state index is 0.161. The van der Waals surface area contributed by atoms with Gasteiger partial charge in [-0.25, -0.2) is 0 Å². The number of thiophene rings is 1. The maximum atomic E-state index is 12.2. The molecular formula is C13H11F3INOS. The minimum atomic E-state index is -4.68. The van der Waals surface area contributed by atoms with Crippen molar-refractivity contribution in [3.63, 3.8) is 0 Å². The van der Waals surface area contributed by atoms with Crippen molar-refractivity contribution in [3.8, 4) is 5.75 Å². The Labute approximate surface area is 132 Å². The molecule has 2 aromatic rings. The summed E-state index contributed by atoms with van der Waals surface area (Å²) in [5.41, 5.74) is 1.74. The molecule has 0 fully saturated rings. The first kappa shape index (κ1) is 15.6. The molecule has 20 heavy (non-hydrogen) atoms. The molecule has 1 heterocycles. The Morgan fingerprint density at radius 2 is 2.00 bits per heavy atom. The maximum absolute atomic E-state index is 12.2. The smallest absolute Gasteiger partial charge is 0.406 e. The highest BCUT2D eigenvalue weighted by Crippen LogP contribution is 2.30. The molecule has 1 aromatic heterocycles. The average Bonchev–Trinajstić information content (AvgIpc) is 2.75. The maximum Gasteiger partial charge on any atom is 0.573 e. The van der Waals surface area contributed by atoms with Crippen LogP contribution in [-0.2, 0) is 0 Å². The van der Waals surface area contributed by atoms with Crippen LogP contribution < -0.4 is 10.1 Å². The summed E-state index contributed by atoms with van der Waals surface area (Å²) >= 11 is 3.80. The molecule has 0 spiro atoms. The first-order valence-electron chi connectivity index (χ1n) is 5.66. The Morgan fingerprint density at radius 1 is 1.25 bits per heavy atom. The van der Waals surface area contributed by atoms with Gasteiger partial charge < -0.3 is 10.1 Å². The lowest BCUT2D eigenvalue weighted by atomic mass is 10.0. The number of hydrogen-bond donors (Lipinski definition) is 1. The van der Waals surface area contributed by atoms with Gasteiger partial charge >= 0.3 is 6.36 Å². The van der Waals surface area contributed by atoms with E-state index in [-0.39, 0.29) is 11.8 Å². The predicted molar refractivity (Wildman–Crippen MR) is 81.1 cm³/mol. The molecule has 0 amide bonds. The number of ether oxygens (including phenoxy) is 1. The molecule has 7 heteroatoms. The quantitative estimate of drug-likeness (QED) is 0.743. The molecular weight excluding hydrogens is 402 g/mol. The summed E-state index contributed by atoms with van der Waals surface area (Å²) < 4.78 is 41.8. The SMILES string of the molecule is CNC(c1cccc(OC(F)(F)F)c1)c1csc(I)c1. The fourth-order valence-corrected chi connectivity index (χ4v) is 3.29. The van der Waals surface area contributed by atoms with E-state index in [0.29, 0.717) is 0 Å². The molecule has 0 aliphatic rings. The largest absolute Gasteiger partial charge is 0.573 e. The fraction of sp³-hybridized carbons (Fsp3) is 0.231. The molecule has 1 N–H and O–H groups in total. The van der Waals surface area contributed by atoms with Crippen LogP contribution in [0.15, 0.2) is 35.7 Å². The van der Waals surface area contributed by atoms with Gasteiger partial charge in [-0.2, -0.15) is 0 Å². The van der Waals surface area contributed by atoms with Crippen molar-refractivity contribution < 1.29 is 17.9 Å². The zero-order valence-electron chi connectivity index (χ0n) is 10.4. The lowest BCUT2D eigenvalue weighted by Gasteiger charge is -2.17. The van der Waals surface area contributed by atoms with E-state index in [4.69, 9.17) is 0 Å². The van der Waals surface area contributed by atoms with Gasteiger partial charge in [0.2, 0.25) is 0 Å². The van der Waals surface area contributed by atoms with Crippen molar-refractivity contribution >= 4 is 33.9 Å². The van der Waals surface area contributed by atoms with Gasteiger partial charge in [-0.3, -0.25) is 0 Å². The van der Waals surface area contributed by atoms with Crippen LogP contribution in [-0.4, -0.2) is 13.4 Å². The third-order valence-corrected chi connectivity index (χ3v) is 4.44. The van der Waals surface area contributed by atoms with Crippen molar-refractivity contribution in [1.82, 2.24) is 5.32 Å². The monoisotopic (exact) mass is 413 g/mol. The van der Waals surface area contributed by atoms with Gasteiger partial charge in [0.15, 0.2) is 0 Å². The Hall–Kier alpha value is -0.800. The predicted octanol–water partition coefficient (Wildman–Crippen LogP) is 4.56. The van der Waals surface area contributed by atoms with Crippen LogP contribution in [0.4, 0.5) is 13.2 Å². The van der Waals surface area contributed by atoms with Crippen LogP contribution in [0.2, 0.25) is 0 Å². The number of hydrogen-bond acceptors (Lipinski definition) is 3. The lowest BCUT2D eigenvalue weighted by Crippen LogP contribution is -2.19. The molecule has 108 valence electrons. The third kappa shape index (κ3) is 4.10. The van der Waals surface area contributed by atoms with Gasteiger partial charge in [0, 0.05) is 0 Å². The highest BCUT2D eigenvalue weighted by atomic mass is 127. The summed E-state index contributed by atoms with van der Waals surface area (Å²) in [5.74, 6) is -0.208. The second-order valence-corrected chi connectivity index (χ2v) is 6.83. The summed E-state index contributed by atoms with van der Waals surface area (Å²) in [6.07, 6.45) is -4.68. The zero-order valence-corrected chi connectivity index (χ0v) is 13.3. The average molecular weight is 413 g/mol. The van der Waals surface area contributed by atoms with E-state index in [1.54, 1.807) is 30.5 Å². The van der Waals surface area contributed by atoms with Gasteiger partial charge in [-0.05, 0) is 64.3 Å². The molecule has 0 aliphatic carbocycles. The highest BCUT2D eigenvalue weighted by molar-refractivity contribution is 14.1. The van der Waals surface area contributed by atoms with Gasteiger partial charge in [-0.1, -0.05) is 12.1 Å². The summed E-state index contributed by atoms with van der Waals surface area (Å²) in [7, 11) is 1.77. The molecule has 1 unspecified atom stereocenters. The molecule has 0 saturated heterocycles. The molecule has 2 nitrogen and oxygen atoms in total. The van der Waals surface area contributed by atoms with Crippen molar-refractivity contribution in [2.45, 2.75) is 12.4 Å². The number of alkyl halides is 3. The Bertz CT molecular complexity index is 585. The van der Waals surface area contributed by atoms with E-state index >= 15 is 0 Å². The number of nitrogens with one attached hydrogen (secondary N) is 1. The van der Waals surface area contributed by atoms with E-state index in [1.807, 2.05) is 11.4 Å². The molecule has 0 radical (unpaired) electrons. The second kappa shape index (κ2) is 6.31. The van der Waals surface area contributed by atoms with E-state index in [0.717, 1.165) is 14.0 Å². The number of benzene rings is 1. The van der Waals surface area contributed by atoms with Gasteiger partial charge in [-0.15, -0.1) is 24.5 Å². The summed E-state index contributed by atoms with van der Waals surface area (Å²) in [6.45, 7) is 0. The second-order valence-electron chi connectivity index (χ2n) is 4.03. The number of halogens is 4. The van der Waals surface area contributed by atoms with Crippen LogP contribution in [0.1, 0.15) is 17.2 Å². The van der Waals surface area contributed by atoms with Crippen molar-refractivity contribution in [1.29, 1.82) is 0 Å². The van der Waals surface area contributed by atoms with Crippen LogP contribution in [0.25, 0.3) is 0 Å². The van der Waals surface area contributed by atoms with E-state index in [2.05, 4.69) is 32.6 Å². The van der Waals surface area contributed by atoms with Crippen LogP contribution in [0.3, 0.4) is 0 Å². The molecule has 0 saturated carbocycles. The van der Waals surface area contributed by atoms with Gasteiger partial charge in [0.1, 0.15) is 5.75 Å². The molecule has 1 aromatic carbocycles. The van der Waals surface area contributed by atoms with Crippen molar-refractivity contribution in [3.05, 3.63) is 49.7 Å². The molecule has 2 rings (SSSR count). The first-order valence-corrected chi connectivity index (χ1v) is 7.62. The standard InChI is InChI=1S/C13H11F3INOS/c1-18-12(9-6-11(17)20-7-9)8-3-2-4-10(5-8)19-13(14,15)16/h2-7,12,18H,1H3. The lowest BCUT2D eigenvalue weighted by molar-refractivity contribution is -0.274. The normalized spacial score (nSPS) is 13.2. The Morgan fingerprint density at radius 3 is 2.55 bits per heavy atom. The van der Waals surface area contributed by atoms with Crippen molar-refractivity contribution in [2.75, 3.05) is 7.05 Å². The fourth-order valence-electron chi connectivity index (χ4n) is 1.89. The van der Waals surface area contributed by atoms with Crippen LogP contribution >= 0.6 is 33.9 Å². The molecule has 1 atom stereocenters. The highest BCUT2D eigenvalue weighted by Gasteiger charge is 2.31. The summed E-state index contributed by atoms with van der Waals surface area (Å²) in [5, 5.41) is 5.09. The van der Waals surface area contributed by atoms with Crippen LogP contribution in [0.5, 0.6) is 5.75 Å². The van der Waals surface area contributed by atoms with E-state index < -0.39 is 6.36 Å². The third-order valence-electron chi connectivity index (χ3n) is 2.63. The zero-order chi connectivity index (χ0) is 14.8. The topological polar surface area (TPSA) is 21.3 Å². The summed E-state index contributed by atoms with van der Waals surface area (Å²) in [4.78, 5) is 0. The Kier molecular flexibility index (Phi) is 4.92. The van der Waals surface area contributed by atoms with Crippen molar-refractivity contribution in [2.24, 2.45) is 0 Å².